The van der Waals surface area contributed by atoms with Gasteiger partial charge in [-0.2, -0.15) is 0 Å². The fraction of sp³-hybridized carbons (Fsp3) is 0.353. The Morgan fingerprint density at radius 1 is 1.20 bits per heavy atom. The van der Waals surface area contributed by atoms with Gasteiger partial charge in [0, 0.05) is 26.2 Å². The third kappa shape index (κ3) is 4.60. The fourth-order valence-electron chi connectivity index (χ4n) is 2.82. The maximum absolute atomic E-state index is 12.5. The largest absolute Gasteiger partial charge is 0.495 e. The molecule has 0 saturated carbocycles. The van der Waals surface area contributed by atoms with Crippen LogP contribution in [0.15, 0.2) is 41.0 Å². The van der Waals surface area contributed by atoms with Crippen molar-refractivity contribution < 1.29 is 13.9 Å². The minimum Gasteiger partial charge on any atom is -0.495 e. The lowest BCUT2D eigenvalue weighted by Gasteiger charge is -2.36. The number of carbonyl (C=O) groups excluding carboxylic acids is 1. The highest BCUT2D eigenvalue weighted by Crippen LogP contribution is 2.28. The number of hydrogen-bond acceptors (Lipinski definition) is 5. The van der Waals surface area contributed by atoms with E-state index in [0.717, 1.165) is 24.5 Å². The number of ether oxygens (including phenoxy) is 1. The first kappa shape index (κ1) is 21.2. The first-order valence-electron chi connectivity index (χ1n) is 7.67. The summed E-state index contributed by atoms with van der Waals surface area (Å²) < 4.78 is 10.7. The number of piperazine rings is 1. The number of hydrogen-bond donors (Lipinski definition) is 1. The van der Waals surface area contributed by atoms with Crippen LogP contribution in [-0.2, 0) is 6.54 Å². The van der Waals surface area contributed by atoms with E-state index in [1.54, 1.807) is 13.2 Å². The van der Waals surface area contributed by atoms with Gasteiger partial charge in [-0.15, -0.1) is 24.8 Å². The monoisotopic (exact) mass is 387 g/mol. The van der Waals surface area contributed by atoms with E-state index < -0.39 is 0 Å². The molecule has 2 heterocycles. The number of para-hydroxylation sites is 2. The minimum atomic E-state index is -0.00636. The summed E-state index contributed by atoms with van der Waals surface area (Å²) in [7, 11) is 1.67. The molecule has 1 amide bonds. The van der Waals surface area contributed by atoms with Crippen LogP contribution in [0.2, 0.25) is 0 Å². The highest BCUT2D eigenvalue weighted by Gasteiger charge is 2.24. The number of furan rings is 1. The van der Waals surface area contributed by atoms with Gasteiger partial charge in [-0.1, -0.05) is 12.1 Å². The number of benzene rings is 1. The first-order chi connectivity index (χ1) is 11.2. The van der Waals surface area contributed by atoms with Gasteiger partial charge in [0.15, 0.2) is 0 Å². The normalized spacial score (nSPS) is 13.7. The number of anilines is 1. The van der Waals surface area contributed by atoms with Gasteiger partial charge in [0.1, 0.15) is 17.8 Å². The molecule has 0 atom stereocenters. The van der Waals surface area contributed by atoms with Crippen LogP contribution >= 0.6 is 24.8 Å². The number of nitrogens with two attached hydrogens (primary N) is 1. The summed E-state index contributed by atoms with van der Waals surface area (Å²) in [6.07, 6.45) is 1.48. The van der Waals surface area contributed by atoms with Crippen LogP contribution in [-0.4, -0.2) is 44.1 Å². The van der Waals surface area contributed by atoms with Crippen LogP contribution in [0, 0.1) is 0 Å². The Kier molecular flexibility index (Phi) is 8.09. The van der Waals surface area contributed by atoms with Crippen molar-refractivity contribution in [2.24, 2.45) is 5.73 Å². The standard InChI is InChI=1S/C17H21N3O3.2ClH/c1-22-16-5-3-2-4-15(16)19-6-8-20(9-7-19)17(21)13-10-14(11-18)23-12-13;;/h2-5,10,12H,6-9,11,18H2,1H3;2*1H. The summed E-state index contributed by atoms with van der Waals surface area (Å²) in [5, 5.41) is 0. The van der Waals surface area contributed by atoms with Crippen molar-refractivity contribution in [2.75, 3.05) is 38.2 Å². The molecule has 0 bridgehead atoms. The predicted molar refractivity (Wildman–Crippen MR) is 102 cm³/mol. The number of halogens is 2. The second kappa shape index (κ2) is 9.56. The smallest absolute Gasteiger partial charge is 0.257 e. The summed E-state index contributed by atoms with van der Waals surface area (Å²) in [6.45, 7) is 3.18. The molecule has 6 nitrogen and oxygen atoms in total. The quantitative estimate of drug-likeness (QED) is 0.872. The summed E-state index contributed by atoms with van der Waals surface area (Å²) in [4.78, 5) is 16.6. The van der Waals surface area contributed by atoms with Crippen LogP contribution < -0.4 is 15.4 Å². The van der Waals surface area contributed by atoms with Crippen molar-refractivity contribution in [1.82, 2.24) is 4.90 Å². The molecule has 1 aliphatic rings. The summed E-state index contributed by atoms with van der Waals surface area (Å²) in [6, 6.07) is 9.66. The lowest BCUT2D eigenvalue weighted by Crippen LogP contribution is -2.48. The van der Waals surface area contributed by atoms with Crippen LogP contribution in [0.4, 0.5) is 5.69 Å². The molecule has 0 aliphatic carbocycles. The van der Waals surface area contributed by atoms with Gasteiger partial charge in [0.25, 0.3) is 5.91 Å². The van der Waals surface area contributed by atoms with E-state index in [2.05, 4.69) is 4.90 Å². The molecule has 0 unspecified atom stereocenters. The van der Waals surface area contributed by atoms with Gasteiger partial charge in [-0.25, -0.2) is 0 Å². The molecule has 138 valence electrons. The molecular weight excluding hydrogens is 365 g/mol. The molecule has 1 aromatic carbocycles. The van der Waals surface area contributed by atoms with Crippen molar-refractivity contribution in [1.29, 1.82) is 0 Å². The predicted octanol–water partition coefficient (Wildman–Crippen LogP) is 2.55. The minimum absolute atomic E-state index is 0. The average Bonchev–Trinajstić information content (AvgIpc) is 3.10. The Balaban J connectivity index is 0.00000156. The Morgan fingerprint density at radius 3 is 2.48 bits per heavy atom. The molecule has 0 radical (unpaired) electrons. The number of methoxy groups -OCH3 is 1. The molecule has 25 heavy (non-hydrogen) atoms. The zero-order chi connectivity index (χ0) is 16.2. The van der Waals surface area contributed by atoms with E-state index >= 15 is 0 Å². The van der Waals surface area contributed by atoms with Crippen LogP contribution in [0.25, 0.3) is 0 Å². The second-order valence-corrected chi connectivity index (χ2v) is 5.46. The van der Waals surface area contributed by atoms with Crippen molar-refractivity contribution in [3.8, 4) is 5.75 Å². The number of rotatable bonds is 4. The maximum atomic E-state index is 12.5. The zero-order valence-corrected chi connectivity index (χ0v) is 15.6. The molecule has 3 rings (SSSR count). The number of nitrogens with zero attached hydrogens (tertiary/aromatic N) is 2. The van der Waals surface area contributed by atoms with E-state index in [4.69, 9.17) is 14.9 Å². The van der Waals surface area contributed by atoms with Crippen molar-refractivity contribution in [3.63, 3.8) is 0 Å². The van der Waals surface area contributed by atoms with Crippen molar-refractivity contribution in [2.45, 2.75) is 6.54 Å². The van der Waals surface area contributed by atoms with E-state index in [0.29, 0.717) is 31.0 Å². The molecule has 1 aromatic heterocycles. The highest BCUT2D eigenvalue weighted by atomic mass is 35.5. The van der Waals surface area contributed by atoms with E-state index in [-0.39, 0.29) is 30.7 Å². The molecular formula is C17H23Cl2N3O3. The molecule has 1 aliphatic heterocycles. The topological polar surface area (TPSA) is 71.9 Å². The third-order valence-corrected chi connectivity index (χ3v) is 4.09. The van der Waals surface area contributed by atoms with Gasteiger partial charge in [-0.3, -0.25) is 4.79 Å². The van der Waals surface area contributed by atoms with Gasteiger partial charge >= 0.3 is 0 Å². The fourth-order valence-corrected chi connectivity index (χ4v) is 2.82. The van der Waals surface area contributed by atoms with Gasteiger partial charge in [0.05, 0.1) is 24.9 Å². The van der Waals surface area contributed by atoms with Gasteiger partial charge in [-0.05, 0) is 18.2 Å². The Labute approximate surface area is 159 Å². The van der Waals surface area contributed by atoms with Crippen LogP contribution in [0.1, 0.15) is 16.1 Å². The average molecular weight is 388 g/mol. The number of carbonyl (C=O) groups is 1. The molecule has 2 aromatic rings. The first-order valence-corrected chi connectivity index (χ1v) is 7.67. The second-order valence-electron chi connectivity index (χ2n) is 5.46. The number of amides is 1. The Hall–Kier alpha value is -1.89. The van der Waals surface area contributed by atoms with Crippen molar-refractivity contribution >= 4 is 36.4 Å². The molecule has 8 heteroatoms. The summed E-state index contributed by atoms with van der Waals surface area (Å²) in [5.74, 6) is 1.48. The van der Waals surface area contributed by atoms with Crippen molar-refractivity contribution in [3.05, 3.63) is 47.9 Å². The van der Waals surface area contributed by atoms with Gasteiger partial charge < -0.3 is 24.7 Å². The zero-order valence-electron chi connectivity index (χ0n) is 14.0. The van der Waals surface area contributed by atoms with E-state index in [1.807, 2.05) is 29.2 Å². The third-order valence-electron chi connectivity index (χ3n) is 4.09. The van der Waals surface area contributed by atoms with E-state index in [1.165, 1.54) is 6.26 Å². The Morgan fingerprint density at radius 2 is 1.88 bits per heavy atom. The highest BCUT2D eigenvalue weighted by molar-refractivity contribution is 5.94. The lowest BCUT2D eigenvalue weighted by atomic mass is 10.2. The molecule has 2 N–H and O–H groups in total. The lowest BCUT2D eigenvalue weighted by molar-refractivity contribution is 0.0746. The maximum Gasteiger partial charge on any atom is 0.257 e. The van der Waals surface area contributed by atoms with Gasteiger partial charge in [0.2, 0.25) is 0 Å². The molecule has 1 fully saturated rings. The van der Waals surface area contributed by atoms with Crippen LogP contribution in [0.3, 0.4) is 0 Å². The summed E-state index contributed by atoms with van der Waals surface area (Å²) >= 11 is 0. The molecule has 1 saturated heterocycles. The van der Waals surface area contributed by atoms with Crippen LogP contribution in [0.5, 0.6) is 5.75 Å². The molecule has 0 spiro atoms. The SMILES string of the molecule is COc1ccccc1N1CCN(C(=O)c2coc(CN)c2)CC1.Cl.Cl. The summed E-state index contributed by atoms with van der Waals surface area (Å²) in [5.41, 5.74) is 7.15. The Bertz CT molecular complexity index is 685. The van der Waals surface area contributed by atoms with E-state index in [9.17, 15) is 4.79 Å².